The second kappa shape index (κ2) is 6.38. The Hall–Kier alpha value is -2.08. The Kier molecular flexibility index (Phi) is 4.57. The molecule has 2 rings (SSSR count). The molecule has 106 valence electrons. The third kappa shape index (κ3) is 3.27. The number of amides is 1. The molecule has 1 aromatic heterocycles. The molecule has 20 heavy (non-hydrogen) atoms. The Bertz CT molecular complexity index is 600. The van der Waals surface area contributed by atoms with Gasteiger partial charge in [-0.05, 0) is 30.6 Å². The van der Waals surface area contributed by atoms with E-state index < -0.39 is 6.10 Å². The zero-order valence-corrected chi connectivity index (χ0v) is 11.8. The number of ether oxygens (including phenoxy) is 1. The second-order valence-electron chi connectivity index (χ2n) is 4.09. The third-order valence-electron chi connectivity index (χ3n) is 2.64. The highest BCUT2D eigenvalue weighted by Gasteiger charge is 2.19. The zero-order chi connectivity index (χ0) is 14.5. The minimum atomic E-state index is -0.726. The van der Waals surface area contributed by atoms with E-state index in [-0.39, 0.29) is 5.91 Å². The van der Waals surface area contributed by atoms with Gasteiger partial charge in [-0.1, -0.05) is 35.8 Å². The van der Waals surface area contributed by atoms with Gasteiger partial charge in [0.15, 0.2) is 6.10 Å². The van der Waals surface area contributed by atoms with Gasteiger partial charge in [-0.15, -0.1) is 0 Å². The molecular formula is C13H14ClN3O3. The van der Waals surface area contributed by atoms with Crippen LogP contribution in [0.5, 0.6) is 5.75 Å². The fraction of sp³-hybridized carbons (Fsp3) is 0.308. The summed E-state index contributed by atoms with van der Waals surface area (Å²) in [6, 6.07) is 6.95. The maximum atomic E-state index is 12.0. The van der Waals surface area contributed by atoms with Crippen molar-refractivity contribution in [2.75, 3.05) is 5.32 Å². The number of rotatable bonds is 5. The lowest BCUT2D eigenvalue weighted by molar-refractivity contribution is -0.122. The van der Waals surface area contributed by atoms with Crippen molar-refractivity contribution in [3.63, 3.8) is 0 Å². The molecule has 7 heteroatoms. The monoisotopic (exact) mass is 295 g/mol. The summed E-state index contributed by atoms with van der Waals surface area (Å²) in [7, 11) is 0. The highest BCUT2D eigenvalue weighted by atomic mass is 35.5. The average Bonchev–Trinajstić information content (AvgIpc) is 2.88. The van der Waals surface area contributed by atoms with Crippen LogP contribution in [0.25, 0.3) is 0 Å². The van der Waals surface area contributed by atoms with E-state index in [2.05, 4.69) is 20.3 Å². The topological polar surface area (TPSA) is 77.3 Å². The third-order valence-corrected chi connectivity index (χ3v) is 2.95. The van der Waals surface area contributed by atoms with E-state index in [0.717, 1.165) is 0 Å². The normalized spacial score (nSPS) is 11.9. The van der Waals surface area contributed by atoms with Crippen LogP contribution in [0.4, 0.5) is 5.82 Å². The minimum Gasteiger partial charge on any atom is -0.479 e. The molecule has 0 unspecified atom stereocenters. The highest BCUT2D eigenvalue weighted by molar-refractivity contribution is 6.32. The lowest BCUT2D eigenvalue weighted by Crippen LogP contribution is -2.30. The molecule has 1 aromatic carbocycles. The van der Waals surface area contributed by atoms with E-state index in [1.807, 2.05) is 6.92 Å². The Morgan fingerprint density at radius 1 is 1.45 bits per heavy atom. The Labute approximate surface area is 121 Å². The van der Waals surface area contributed by atoms with Gasteiger partial charge in [-0.2, -0.15) is 0 Å². The number of nitrogens with zero attached hydrogens (tertiary/aromatic N) is 2. The first kappa shape index (κ1) is 14.3. The number of para-hydroxylation sites is 1. The smallest absolute Gasteiger partial charge is 0.266 e. The minimum absolute atomic E-state index is 0.312. The molecule has 0 aliphatic carbocycles. The number of carbonyl (C=O) groups excluding carboxylic acids is 1. The van der Waals surface area contributed by atoms with Crippen LogP contribution in [0.1, 0.15) is 19.5 Å². The van der Waals surface area contributed by atoms with Crippen LogP contribution >= 0.6 is 11.6 Å². The summed E-state index contributed by atoms with van der Waals surface area (Å²) in [5.41, 5.74) is 0.586. The van der Waals surface area contributed by atoms with Crippen molar-refractivity contribution >= 4 is 23.3 Å². The molecule has 0 saturated heterocycles. The van der Waals surface area contributed by atoms with Gasteiger partial charge in [0.05, 0.1) is 5.02 Å². The number of nitrogens with one attached hydrogen (secondary N) is 1. The average molecular weight is 296 g/mol. The summed E-state index contributed by atoms with van der Waals surface area (Å²) in [6.45, 7) is 3.51. The Morgan fingerprint density at radius 2 is 2.20 bits per heavy atom. The summed E-state index contributed by atoms with van der Waals surface area (Å²) < 4.78 is 10.1. The number of hydrogen-bond acceptors (Lipinski definition) is 5. The maximum Gasteiger partial charge on any atom is 0.266 e. The predicted octanol–water partition coefficient (Wildman–Crippen LogP) is 2.69. The van der Waals surface area contributed by atoms with Crippen LogP contribution in [-0.4, -0.2) is 22.3 Å². The van der Waals surface area contributed by atoms with E-state index in [0.29, 0.717) is 28.7 Å². The van der Waals surface area contributed by atoms with Crippen LogP contribution in [0, 0.1) is 0 Å². The Balaban J connectivity index is 2.01. The molecule has 0 saturated carbocycles. The lowest BCUT2D eigenvalue weighted by Gasteiger charge is -2.14. The number of halogens is 1. The highest BCUT2D eigenvalue weighted by Crippen LogP contribution is 2.24. The van der Waals surface area contributed by atoms with Crippen molar-refractivity contribution in [1.29, 1.82) is 0 Å². The van der Waals surface area contributed by atoms with Crippen molar-refractivity contribution in [2.45, 2.75) is 26.4 Å². The molecule has 1 amide bonds. The number of aryl methyl sites for hydroxylation is 1. The number of carbonyl (C=O) groups is 1. The first-order valence-corrected chi connectivity index (χ1v) is 6.53. The number of hydrogen-bond donors (Lipinski definition) is 1. The fourth-order valence-corrected chi connectivity index (χ4v) is 1.72. The van der Waals surface area contributed by atoms with E-state index >= 15 is 0 Å². The quantitative estimate of drug-likeness (QED) is 0.917. The molecule has 0 bridgehead atoms. The van der Waals surface area contributed by atoms with Gasteiger partial charge < -0.3 is 10.1 Å². The van der Waals surface area contributed by atoms with Gasteiger partial charge >= 0.3 is 0 Å². The van der Waals surface area contributed by atoms with Crippen LogP contribution in [0.2, 0.25) is 5.02 Å². The van der Waals surface area contributed by atoms with E-state index in [4.69, 9.17) is 16.3 Å². The number of anilines is 1. The van der Waals surface area contributed by atoms with Crippen molar-refractivity contribution < 1.29 is 14.2 Å². The van der Waals surface area contributed by atoms with Gasteiger partial charge in [-0.3, -0.25) is 4.79 Å². The molecule has 0 spiro atoms. The van der Waals surface area contributed by atoms with Gasteiger partial charge in [0.1, 0.15) is 11.4 Å². The van der Waals surface area contributed by atoms with Crippen molar-refractivity contribution in [3.8, 4) is 5.75 Å². The SMILES string of the molecule is CCc1nonc1NC(=O)[C@H](C)Oc1ccccc1Cl. The fourth-order valence-electron chi connectivity index (χ4n) is 1.54. The summed E-state index contributed by atoms with van der Waals surface area (Å²) in [4.78, 5) is 12.0. The molecule has 1 heterocycles. The molecular weight excluding hydrogens is 282 g/mol. The van der Waals surface area contributed by atoms with E-state index in [1.54, 1.807) is 31.2 Å². The van der Waals surface area contributed by atoms with Crippen molar-refractivity contribution in [1.82, 2.24) is 10.3 Å². The van der Waals surface area contributed by atoms with Gasteiger partial charge in [0.2, 0.25) is 5.82 Å². The van der Waals surface area contributed by atoms with Crippen molar-refractivity contribution in [3.05, 3.63) is 35.0 Å². The van der Waals surface area contributed by atoms with Gasteiger partial charge in [0.25, 0.3) is 5.91 Å². The summed E-state index contributed by atoms with van der Waals surface area (Å²) >= 11 is 5.97. The van der Waals surface area contributed by atoms with E-state index in [9.17, 15) is 4.79 Å². The first-order valence-electron chi connectivity index (χ1n) is 6.15. The predicted molar refractivity (Wildman–Crippen MR) is 73.8 cm³/mol. The summed E-state index contributed by atoms with van der Waals surface area (Å²) in [5.74, 6) is 0.410. The van der Waals surface area contributed by atoms with Crippen LogP contribution < -0.4 is 10.1 Å². The molecule has 1 N–H and O–H groups in total. The lowest BCUT2D eigenvalue weighted by atomic mass is 10.3. The number of aromatic nitrogens is 2. The number of benzene rings is 1. The molecule has 6 nitrogen and oxygen atoms in total. The maximum absolute atomic E-state index is 12.0. The summed E-state index contributed by atoms with van der Waals surface area (Å²) in [5, 5.41) is 10.4. The largest absolute Gasteiger partial charge is 0.479 e. The zero-order valence-electron chi connectivity index (χ0n) is 11.1. The molecule has 0 radical (unpaired) electrons. The molecule has 0 aliphatic rings. The van der Waals surface area contributed by atoms with E-state index in [1.165, 1.54) is 0 Å². The van der Waals surface area contributed by atoms with Crippen LogP contribution in [0.3, 0.4) is 0 Å². The second-order valence-corrected chi connectivity index (χ2v) is 4.50. The van der Waals surface area contributed by atoms with Crippen LogP contribution in [-0.2, 0) is 11.2 Å². The molecule has 0 fully saturated rings. The van der Waals surface area contributed by atoms with Crippen LogP contribution in [0.15, 0.2) is 28.9 Å². The standard InChI is InChI=1S/C13H14ClN3O3/c1-3-10-12(17-20-16-10)15-13(18)8(2)19-11-7-5-4-6-9(11)14/h4-8H,3H2,1-2H3,(H,15,17,18)/t8-/m0/s1. The van der Waals surface area contributed by atoms with Crippen molar-refractivity contribution in [2.24, 2.45) is 0 Å². The van der Waals surface area contributed by atoms with Gasteiger partial charge in [-0.25, -0.2) is 4.63 Å². The summed E-state index contributed by atoms with van der Waals surface area (Å²) in [6.07, 6.45) is -0.116. The molecule has 0 aliphatic heterocycles. The Morgan fingerprint density at radius 3 is 2.90 bits per heavy atom. The van der Waals surface area contributed by atoms with Gasteiger partial charge in [0, 0.05) is 0 Å². The molecule has 1 atom stereocenters. The first-order chi connectivity index (χ1) is 9.61. The molecule has 2 aromatic rings.